The molecule has 0 aromatic carbocycles. The number of carbonyl (C=O) groups is 1. The first-order valence-electron chi connectivity index (χ1n) is 6.99. The largest absolute Gasteiger partial charge is 0.489 e. The van der Waals surface area contributed by atoms with E-state index in [-0.39, 0.29) is 5.91 Å². The van der Waals surface area contributed by atoms with E-state index >= 15 is 0 Å². The number of ether oxygens (including phenoxy) is 1. The summed E-state index contributed by atoms with van der Waals surface area (Å²) in [4.78, 5) is 11.5. The zero-order chi connectivity index (χ0) is 16.1. The number of allylic oxidation sites excluding steroid dienone is 3. The molecule has 3 heteroatoms. The molecule has 0 spiro atoms. The summed E-state index contributed by atoms with van der Waals surface area (Å²) in [5, 5.41) is 2.82. The second-order valence-electron chi connectivity index (χ2n) is 4.62. The maximum atomic E-state index is 11.5. The Morgan fingerprint density at radius 2 is 1.90 bits per heavy atom. The van der Waals surface area contributed by atoms with Gasteiger partial charge in [0.25, 0.3) is 0 Å². The summed E-state index contributed by atoms with van der Waals surface area (Å²) in [7, 11) is 1.51. The number of hydrogen-bond acceptors (Lipinski definition) is 2. The third-order valence-electron chi connectivity index (χ3n) is 2.91. The molecule has 0 radical (unpaired) electrons. The monoisotopic (exact) mass is 287 g/mol. The molecule has 0 aromatic heterocycles. The average Bonchev–Trinajstić information content (AvgIpc) is 2.47. The topological polar surface area (TPSA) is 38.3 Å². The summed E-state index contributed by atoms with van der Waals surface area (Å²) in [6.07, 6.45) is 6.91. The van der Waals surface area contributed by atoms with Crippen molar-refractivity contribution in [1.29, 1.82) is 0 Å². The normalized spacial score (nSPS) is 9.62. The van der Waals surface area contributed by atoms with Gasteiger partial charge in [-0.3, -0.25) is 4.79 Å². The number of nitrogens with one attached hydrogen (secondary N) is 1. The molecule has 0 fully saturated rings. The van der Waals surface area contributed by atoms with Gasteiger partial charge in [0.15, 0.2) is 5.76 Å². The van der Waals surface area contributed by atoms with Crippen molar-refractivity contribution in [2.45, 2.75) is 32.6 Å². The van der Waals surface area contributed by atoms with Crippen molar-refractivity contribution >= 4 is 5.91 Å². The molecule has 0 bridgehead atoms. The van der Waals surface area contributed by atoms with Crippen molar-refractivity contribution in [2.24, 2.45) is 0 Å². The third kappa shape index (κ3) is 9.34. The van der Waals surface area contributed by atoms with Crippen molar-refractivity contribution in [3.8, 4) is 0 Å². The van der Waals surface area contributed by atoms with E-state index in [1.807, 2.05) is 6.92 Å². The smallest absolute Gasteiger partial charge is 0.244 e. The number of methoxy groups -OCH3 is 1. The SMILES string of the molecule is C=C=C(/C=C/C(=O)NCCCCCC(=C=C)C(=C)C)OC. The Kier molecular flexibility index (Phi) is 10.4. The summed E-state index contributed by atoms with van der Waals surface area (Å²) in [6, 6.07) is 0. The minimum atomic E-state index is -0.145. The fourth-order valence-electron chi connectivity index (χ4n) is 1.68. The Hall–Kier alpha value is -2.21. The van der Waals surface area contributed by atoms with Crippen LogP contribution in [0.3, 0.4) is 0 Å². The van der Waals surface area contributed by atoms with E-state index in [4.69, 9.17) is 4.74 Å². The van der Waals surface area contributed by atoms with E-state index in [9.17, 15) is 4.79 Å². The van der Waals surface area contributed by atoms with E-state index in [2.05, 4.69) is 36.5 Å². The van der Waals surface area contributed by atoms with Crippen LogP contribution in [0.2, 0.25) is 0 Å². The molecule has 0 heterocycles. The molecule has 0 aromatic rings. The van der Waals surface area contributed by atoms with Gasteiger partial charge in [0.1, 0.15) is 0 Å². The number of amides is 1. The second kappa shape index (κ2) is 11.6. The molecule has 0 unspecified atom stereocenters. The van der Waals surface area contributed by atoms with E-state index in [0.717, 1.165) is 36.8 Å². The minimum absolute atomic E-state index is 0.145. The molecule has 0 rings (SSSR count). The van der Waals surface area contributed by atoms with Crippen LogP contribution in [0.1, 0.15) is 32.6 Å². The summed E-state index contributed by atoms with van der Waals surface area (Å²) >= 11 is 0. The highest BCUT2D eigenvalue weighted by Gasteiger charge is 1.99. The Bertz CT molecular complexity index is 487. The predicted octanol–water partition coefficient (Wildman–Crippen LogP) is 3.82. The van der Waals surface area contributed by atoms with E-state index < -0.39 is 0 Å². The van der Waals surface area contributed by atoms with Gasteiger partial charge in [-0.25, -0.2) is 0 Å². The van der Waals surface area contributed by atoms with Crippen LogP contribution in [0.5, 0.6) is 0 Å². The Morgan fingerprint density at radius 1 is 1.19 bits per heavy atom. The lowest BCUT2D eigenvalue weighted by atomic mass is 10.0. The highest BCUT2D eigenvalue weighted by molar-refractivity contribution is 5.87. The summed E-state index contributed by atoms with van der Waals surface area (Å²) < 4.78 is 4.92. The van der Waals surface area contributed by atoms with Crippen molar-refractivity contribution in [3.05, 3.63) is 60.3 Å². The molecule has 1 N–H and O–H groups in total. The van der Waals surface area contributed by atoms with Crippen molar-refractivity contribution in [3.63, 3.8) is 0 Å². The molecule has 0 saturated heterocycles. The third-order valence-corrected chi connectivity index (χ3v) is 2.91. The molecule has 21 heavy (non-hydrogen) atoms. The van der Waals surface area contributed by atoms with Crippen LogP contribution in [-0.4, -0.2) is 19.6 Å². The van der Waals surface area contributed by atoms with Crippen LogP contribution < -0.4 is 5.32 Å². The van der Waals surface area contributed by atoms with Gasteiger partial charge in [-0.1, -0.05) is 31.9 Å². The Balaban J connectivity index is 3.82. The summed E-state index contributed by atoms with van der Waals surface area (Å²) in [5.74, 6) is 0.294. The summed E-state index contributed by atoms with van der Waals surface area (Å²) in [6.45, 7) is 13.6. The first kappa shape index (κ1) is 18.8. The molecule has 0 aliphatic heterocycles. The highest BCUT2D eigenvalue weighted by Crippen LogP contribution is 2.14. The fourth-order valence-corrected chi connectivity index (χ4v) is 1.68. The highest BCUT2D eigenvalue weighted by atomic mass is 16.5. The lowest BCUT2D eigenvalue weighted by Gasteiger charge is -2.05. The molecular formula is C18H25NO2. The molecule has 0 atom stereocenters. The van der Waals surface area contributed by atoms with Gasteiger partial charge in [0.05, 0.1) is 7.11 Å². The number of carbonyl (C=O) groups excluding carboxylic acids is 1. The first-order valence-corrected chi connectivity index (χ1v) is 6.99. The average molecular weight is 287 g/mol. The van der Waals surface area contributed by atoms with Gasteiger partial charge < -0.3 is 10.1 Å². The first-order chi connectivity index (χ1) is 10.0. The van der Waals surface area contributed by atoms with E-state index in [1.54, 1.807) is 0 Å². The zero-order valence-electron chi connectivity index (χ0n) is 13.1. The van der Waals surface area contributed by atoms with Gasteiger partial charge in [0.2, 0.25) is 5.91 Å². The van der Waals surface area contributed by atoms with Crippen LogP contribution >= 0.6 is 0 Å². The maximum Gasteiger partial charge on any atom is 0.244 e. The van der Waals surface area contributed by atoms with Gasteiger partial charge in [-0.2, -0.15) is 0 Å². The van der Waals surface area contributed by atoms with Crippen LogP contribution in [0.25, 0.3) is 0 Å². The van der Waals surface area contributed by atoms with Crippen molar-refractivity contribution < 1.29 is 9.53 Å². The van der Waals surface area contributed by atoms with Gasteiger partial charge in [0, 0.05) is 12.6 Å². The minimum Gasteiger partial charge on any atom is -0.489 e. The van der Waals surface area contributed by atoms with E-state index in [1.165, 1.54) is 19.3 Å². The quantitative estimate of drug-likeness (QED) is 0.218. The van der Waals surface area contributed by atoms with Gasteiger partial charge >= 0.3 is 0 Å². The molecule has 3 nitrogen and oxygen atoms in total. The zero-order valence-corrected chi connectivity index (χ0v) is 13.1. The van der Waals surface area contributed by atoms with Crippen molar-refractivity contribution in [2.75, 3.05) is 13.7 Å². The lowest BCUT2D eigenvalue weighted by Crippen LogP contribution is -2.22. The number of unbranched alkanes of at least 4 members (excludes halogenated alkanes) is 2. The van der Waals surface area contributed by atoms with E-state index in [0.29, 0.717) is 12.3 Å². The van der Waals surface area contributed by atoms with Gasteiger partial charge in [-0.05, 0) is 43.4 Å². The molecule has 0 aliphatic carbocycles. The van der Waals surface area contributed by atoms with Crippen molar-refractivity contribution in [1.82, 2.24) is 5.32 Å². The summed E-state index contributed by atoms with van der Waals surface area (Å²) in [5.41, 5.74) is 7.59. The van der Waals surface area contributed by atoms with Crippen LogP contribution in [0.15, 0.2) is 60.3 Å². The fraction of sp³-hybridized carbons (Fsp3) is 0.389. The predicted molar refractivity (Wildman–Crippen MR) is 87.7 cm³/mol. The lowest BCUT2D eigenvalue weighted by molar-refractivity contribution is -0.116. The molecule has 0 saturated carbocycles. The maximum absolute atomic E-state index is 11.5. The number of hydrogen-bond donors (Lipinski definition) is 1. The Morgan fingerprint density at radius 3 is 2.43 bits per heavy atom. The molecule has 0 aliphatic rings. The molecular weight excluding hydrogens is 262 g/mol. The molecule has 1 amide bonds. The number of rotatable bonds is 10. The second-order valence-corrected chi connectivity index (χ2v) is 4.62. The van der Waals surface area contributed by atoms with Crippen LogP contribution in [0, 0.1) is 0 Å². The molecule has 114 valence electrons. The van der Waals surface area contributed by atoms with Gasteiger partial charge in [-0.15, -0.1) is 5.73 Å². The Labute approximate surface area is 128 Å². The van der Waals surface area contributed by atoms with Crippen LogP contribution in [0.4, 0.5) is 0 Å². The standard InChI is InChI=1S/C18H25NO2/c1-6-16(15(3)4)11-9-8-10-14-19-18(20)13-12-17(7-2)21-5/h12-13H,1-3,8-11,14H2,4-5H3,(H,19,20)/b13-12+. The van der Waals surface area contributed by atoms with Crippen LogP contribution in [-0.2, 0) is 9.53 Å².